The summed E-state index contributed by atoms with van der Waals surface area (Å²) in [7, 11) is 1.47. The summed E-state index contributed by atoms with van der Waals surface area (Å²) in [5.41, 5.74) is 2.78. The largest absolute Gasteiger partial charge is 0.378 e. The summed E-state index contributed by atoms with van der Waals surface area (Å²) in [4.78, 5) is 41.8. The number of morpholine rings is 1. The van der Waals surface area contributed by atoms with Gasteiger partial charge in [0.1, 0.15) is 0 Å². The lowest BCUT2D eigenvalue weighted by molar-refractivity contribution is -0.134. The van der Waals surface area contributed by atoms with Crippen molar-refractivity contribution < 1.29 is 19.1 Å². The second-order valence-corrected chi connectivity index (χ2v) is 6.36. The Hall–Kier alpha value is -2.67. The van der Waals surface area contributed by atoms with Crippen molar-refractivity contribution in [3.63, 3.8) is 0 Å². The molecule has 4 rings (SSSR count). The molecule has 0 unspecified atom stereocenters. The molecule has 0 N–H and O–H groups in total. The molecule has 0 spiro atoms. The number of hydrogen-bond acceptors (Lipinski definition) is 4. The molecule has 1 aromatic carbocycles. The highest BCUT2D eigenvalue weighted by Gasteiger charge is 2.36. The number of imide groups is 1. The summed E-state index contributed by atoms with van der Waals surface area (Å²) in [6.45, 7) is 2.78. The average molecular weight is 341 g/mol. The lowest BCUT2D eigenvalue weighted by atomic mass is 10.0. The monoisotopic (exact) mass is 341 g/mol. The second-order valence-electron chi connectivity index (χ2n) is 6.36. The van der Waals surface area contributed by atoms with Gasteiger partial charge >= 0.3 is 6.03 Å². The first-order valence-corrected chi connectivity index (χ1v) is 8.38. The molecule has 0 saturated carbocycles. The molecule has 0 atom stereocenters. The van der Waals surface area contributed by atoms with Crippen LogP contribution in [0.5, 0.6) is 0 Å². The molecule has 0 bridgehead atoms. The van der Waals surface area contributed by atoms with E-state index in [9.17, 15) is 14.4 Å². The van der Waals surface area contributed by atoms with Crippen LogP contribution in [-0.4, -0.2) is 67.5 Å². The Morgan fingerprint density at radius 1 is 1.12 bits per heavy atom. The number of benzene rings is 1. The van der Waals surface area contributed by atoms with Gasteiger partial charge in [0.25, 0.3) is 11.8 Å². The van der Waals surface area contributed by atoms with Crippen LogP contribution >= 0.6 is 0 Å². The minimum Gasteiger partial charge on any atom is -0.378 e. The number of urea groups is 1. The van der Waals surface area contributed by atoms with Gasteiger partial charge in [-0.15, -0.1) is 0 Å². The maximum Gasteiger partial charge on any atom is 0.324 e. The number of hydrogen-bond donors (Lipinski definition) is 0. The summed E-state index contributed by atoms with van der Waals surface area (Å²) in [6.07, 6.45) is 2.10. The fraction of sp³-hybridized carbons (Fsp3) is 0.389. The van der Waals surface area contributed by atoms with E-state index < -0.39 is 0 Å². The average Bonchev–Trinajstić information content (AvgIpc) is 3.19. The molecule has 0 aliphatic carbocycles. The molecule has 3 heterocycles. The minimum absolute atomic E-state index is 0.0692. The molecule has 1 saturated heterocycles. The van der Waals surface area contributed by atoms with Gasteiger partial charge in [0.2, 0.25) is 0 Å². The van der Waals surface area contributed by atoms with Crippen LogP contribution < -0.4 is 4.90 Å². The third-order valence-corrected chi connectivity index (χ3v) is 4.93. The van der Waals surface area contributed by atoms with Crippen molar-refractivity contribution in [1.82, 2.24) is 9.80 Å². The van der Waals surface area contributed by atoms with E-state index in [1.165, 1.54) is 13.1 Å². The van der Waals surface area contributed by atoms with Crippen LogP contribution in [0.2, 0.25) is 0 Å². The van der Waals surface area contributed by atoms with Gasteiger partial charge in [0, 0.05) is 38.3 Å². The maximum atomic E-state index is 13.0. The van der Waals surface area contributed by atoms with Gasteiger partial charge < -0.3 is 9.64 Å². The highest BCUT2D eigenvalue weighted by atomic mass is 16.5. The van der Waals surface area contributed by atoms with E-state index >= 15 is 0 Å². The van der Waals surface area contributed by atoms with Crippen molar-refractivity contribution in [3.8, 4) is 0 Å². The molecule has 7 nitrogen and oxygen atoms in total. The summed E-state index contributed by atoms with van der Waals surface area (Å²) >= 11 is 0. The van der Waals surface area contributed by atoms with E-state index in [4.69, 9.17) is 4.74 Å². The molecule has 7 heteroatoms. The summed E-state index contributed by atoms with van der Waals surface area (Å²) in [5.74, 6) is -0.661. The van der Waals surface area contributed by atoms with Gasteiger partial charge in [-0.1, -0.05) is 18.2 Å². The molecule has 1 aromatic rings. The van der Waals surface area contributed by atoms with Gasteiger partial charge in [0.05, 0.1) is 24.5 Å². The van der Waals surface area contributed by atoms with E-state index in [1.54, 1.807) is 15.9 Å². The number of nitrogens with zero attached hydrogens (tertiary/aromatic N) is 3. The van der Waals surface area contributed by atoms with Crippen LogP contribution in [-0.2, 0) is 20.7 Å². The van der Waals surface area contributed by atoms with E-state index in [2.05, 4.69) is 0 Å². The fourth-order valence-electron chi connectivity index (χ4n) is 3.55. The number of likely N-dealkylation sites (N-methyl/N-ethyl adjacent to an activating group) is 1. The van der Waals surface area contributed by atoms with Crippen molar-refractivity contribution >= 4 is 29.1 Å². The molecule has 3 aliphatic rings. The number of fused-ring (bicyclic) bond motifs is 1. The van der Waals surface area contributed by atoms with Gasteiger partial charge in [-0.25, -0.2) is 4.79 Å². The zero-order valence-electron chi connectivity index (χ0n) is 14.0. The van der Waals surface area contributed by atoms with E-state index in [0.717, 1.165) is 22.6 Å². The number of amides is 4. The highest BCUT2D eigenvalue weighted by Crippen LogP contribution is 2.38. The third-order valence-electron chi connectivity index (χ3n) is 4.93. The van der Waals surface area contributed by atoms with Crippen molar-refractivity contribution in [3.05, 3.63) is 35.4 Å². The first-order chi connectivity index (χ1) is 12.1. The third kappa shape index (κ3) is 2.51. The van der Waals surface area contributed by atoms with E-state index in [0.29, 0.717) is 44.0 Å². The molecule has 4 amide bonds. The zero-order valence-corrected chi connectivity index (χ0v) is 14.0. The lowest BCUT2D eigenvalue weighted by Gasteiger charge is -2.32. The molecule has 1 fully saturated rings. The van der Waals surface area contributed by atoms with Crippen LogP contribution in [0.25, 0.3) is 5.57 Å². The Morgan fingerprint density at radius 2 is 1.88 bits per heavy atom. The predicted molar refractivity (Wildman–Crippen MR) is 91.0 cm³/mol. The van der Waals surface area contributed by atoms with Crippen LogP contribution in [0.15, 0.2) is 24.3 Å². The smallest absolute Gasteiger partial charge is 0.324 e. The van der Waals surface area contributed by atoms with Crippen LogP contribution in [0, 0.1) is 0 Å². The topological polar surface area (TPSA) is 70.2 Å². The fourth-order valence-corrected chi connectivity index (χ4v) is 3.55. The van der Waals surface area contributed by atoms with Crippen molar-refractivity contribution in [2.45, 2.75) is 6.42 Å². The first-order valence-electron chi connectivity index (χ1n) is 8.38. The number of rotatable bonds is 1. The van der Waals surface area contributed by atoms with E-state index in [1.807, 2.05) is 12.1 Å². The summed E-state index contributed by atoms with van der Waals surface area (Å²) in [5, 5.41) is 0. The number of para-hydroxylation sites is 1. The highest BCUT2D eigenvalue weighted by molar-refractivity contribution is 6.34. The number of anilines is 1. The predicted octanol–water partition coefficient (Wildman–Crippen LogP) is 0.883. The zero-order chi connectivity index (χ0) is 17.6. The minimum atomic E-state index is -0.332. The lowest BCUT2D eigenvalue weighted by Crippen LogP contribution is -2.48. The van der Waals surface area contributed by atoms with E-state index in [-0.39, 0.29) is 17.8 Å². The number of carbonyl (C=O) groups excluding carboxylic acids is 3. The van der Waals surface area contributed by atoms with Crippen LogP contribution in [0.4, 0.5) is 10.5 Å². The van der Waals surface area contributed by atoms with Gasteiger partial charge in [0.15, 0.2) is 0 Å². The number of carbonyl (C=O) groups is 3. The quantitative estimate of drug-likeness (QED) is 0.711. The molecule has 130 valence electrons. The Labute approximate surface area is 145 Å². The molecule has 25 heavy (non-hydrogen) atoms. The molecular formula is C18H19N3O4. The Morgan fingerprint density at radius 3 is 2.56 bits per heavy atom. The summed E-state index contributed by atoms with van der Waals surface area (Å²) in [6, 6.07) is 5.57. The maximum absolute atomic E-state index is 13.0. The first kappa shape index (κ1) is 15.8. The Balaban J connectivity index is 1.72. The van der Waals surface area contributed by atoms with Gasteiger partial charge in [-0.3, -0.25) is 19.4 Å². The molecular weight excluding hydrogens is 322 g/mol. The normalized spacial score (nSPS) is 20.2. The standard InChI is InChI=1S/C18H19N3O4/c1-19-15(22)11-14(17(19)23)13-4-2-3-12-5-6-21(16(12)13)18(24)20-7-9-25-10-8-20/h2-4,11H,5-10H2,1H3. The van der Waals surface area contributed by atoms with Crippen LogP contribution in [0.3, 0.4) is 0 Å². The van der Waals surface area contributed by atoms with Gasteiger partial charge in [-0.2, -0.15) is 0 Å². The van der Waals surface area contributed by atoms with Crippen molar-refractivity contribution in [2.75, 3.05) is 44.8 Å². The Bertz CT molecular complexity index is 796. The van der Waals surface area contributed by atoms with Crippen LogP contribution in [0.1, 0.15) is 11.1 Å². The number of ether oxygens (including phenoxy) is 1. The Kier molecular flexibility index (Phi) is 3.80. The summed E-state index contributed by atoms with van der Waals surface area (Å²) < 4.78 is 5.32. The van der Waals surface area contributed by atoms with Crippen molar-refractivity contribution in [1.29, 1.82) is 0 Å². The molecule has 3 aliphatic heterocycles. The SMILES string of the molecule is CN1C(=O)C=C(c2cccc3c2N(C(=O)N2CCOCC2)CC3)C1=O. The molecule has 0 radical (unpaired) electrons. The second kappa shape index (κ2) is 6.00. The van der Waals surface area contributed by atoms with Crippen molar-refractivity contribution in [2.24, 2.45) is 0 Å². The van der Waals surface area contributed by atoms with Gasteiger partial charge in [-0.05, 0) is 12.0 Å². The molecule has 0 aromatic heterocycles.